The number of carbonyl (C=O) groups excluding carboxylic acids is 1. The maximum atomic E-state index is 12.5. The Morgan fingerprint density at radius 3 is 2.26 bits per heavy atom. The van der Waals surface area contributed by atoms with Crippen LogP contribution in [0.15, 0.2) is 95.4 Å². The number of benzene rings is 3. The summed E-state index contributed by atoms with van der Waals surface area (Å²) in [6, 6.07) is 28.3. The minimum Gasteiger partial charge on any atom is -0.438 e. The Bertz CT molecular complexity index is 1290. The number of halogens is 1. The summed E-state index contributed by atoms with van der Waals surface area (Å²) in [5.41, 5.74) is 3.35. The van der Waals surface area contributed by atoms with Gasteiger partial charge in [-0.2, -0.15) is 5.26 Å². The van der Waals surface area contributed by atoms with E-state index in [2.05, 4.69) is 11.4 Å². The van der Waals surface area contributed by atoms with Crippen LogP contribution >= 0.6 is 11.6 Å². The summed E-state index contributed by atoms with van der Waals surface area (Å²) in [7, 11) is 0. The summed E-state index contributed by atoms with van der Waals surface area (Å²) in [6.07, 6.45) is 3.02. The molecule has 0 unspecified atom stereocenters. The molecular formula is C26H17ClN2O2. The molecule has 4 nitrogen and oxygen atoms in total. The average molecular weight is 425 g/mol. The van der Waals surface area contributed by atoms with Crippen molar-refractivity contribution in [1.29, 1.82) is 5.26 Å². The van der Waals surface area contributed by atoms with Gasteiger partial charge in [0.15, 0.2) is 0 Å². The van der Waals surface area contributed by atoms with Gasteiger partial charge in [-0.25, -0.2) is 0 Å². The maximum absolute atomic E-state index is 12.5. The predicted molar refractivity (Wildman–Crippen MR) is 123 cm³/mol. The van der Waals surface area contributed by atoms with Gasteiger partial charge in [0, 0.05) is 22.2 Å². The zero-order valence-corrected chi connectivity index (χ0v) is 17.1. The van der Waals surface area contributed by atoms with Crippen LogP contribution < -0.4 is 5.32 Å². The molecule has 0 spiro atoms. The first kappa shape index (κ1) is 20.2. The monoisotopic (exact) mass is 424 g/mol. The molecular weight excluding hydrogens is 408 g/mol. The SMILES string of the molecule is N#Cc1c(NC(=O)/C=C/c2cccc(Cl)c2)oc(-c2ccccc2)c1-c1ccccc1. The maximum Gasteiger partial charge on any atom is 0.250 e. The Balaban J connectivity index is 1.72. The molecule has 5 heteroatoms. The number of nitrogens with one attached hydrogen (secondary N) is 1. The van der Waals surface area contributed by atoms with Crippen molar-refractivity contribution in [1.82, 2.24) is 0 Å². The summed E-state index contributed by atoms with van der Waals surface area (Å²) in [5.74, 6) is 0.225. The number of anilines is 1. The molecule has 0 radical (unpaired) electrons. The normalized spacial score (nSPS) is 10.7. The summed E-state index contributed by atoms with van der Waals surface area (Å²) < 4.78 is 6.01. The van der Waals surface area contributed by atoms with E-state index in [-0.39, 0.29) is 11.4 Å². The Morgan fingerprint density at radius 2 is 1.61 bits per heavy atom. The predicted octanol–water partition coefficient (Wildman–Crippen LogP) is 6.79. The van der Waals surface area contributed by atoms with E-state index in [1.807, 2.05) is 66.7 Å². The molecule has 3 aromatic carbocycles. The molecule has 4 aromatic rings. The summed E-state index contributed by atoms with van der Waals surface area (Å²) in [4.78, 5) is 12.5. The van der Waals surface area contributed by atoms with Gasteiger partial charge in [0.05, 0.1) is 0 Å². The smallest absolute Gasteiger partial charge is 0.250 e. The Kier molecular flexibility index (Phi) is 5.98. The van der Waals surface area contributed by atoms with E-state index in [0.29, 0.717) is 16.3 Å². The lowest BCUT2D eigenvalue weighted by atomic mass is 9.98. The number of hydrogen-bond donors (Lipinski definition) is 1. The van der Waals surface area contributed by atoms with E-state index < -0.39 is 5.91 Å². The molecule has 0 aliphatic heterocycles. The first-order valence-electron chi connectivity index (χ1n) is 9.58. The first-order valence-corrected chi connectivity index (χ1v) is 9.96. The van der Waals surface area contributed by atoms with Crippen LogP contribution in [-0.2, 0) is 4.79 Å². The highest BCUT2D eigenvalue weighted by atomic mass is 35.5. The van der Waals surface area contributed by atoms with Gasteiger partial charge in [-0.05, 0) is 29.3 Å². The van der Waals surface area contributed by atoms with Gasteiger partial charge in [0.1, 0.15) is 17.4 Å². The molecule has 0 atom stereocenters. The van der Waals surface area contributed by atoms with Crippen LogP contribution in [-0.4, -0.2) is 5.91 Å². The molecule has 1 aromatic heterocycles. The number of rotatable bonds is 5. The van der Waals surface area contributed by atoms with Crippen molar-refractivity contribution < 1.29 is 9.21 Å². The van der Waals surface area contributed by atoms with Gasteiger partial charge in [-0.3, -0.25) is 10.1 Å². The van der Waals surface area contributed by atoms with Crippen molar-refractivity contribution >= 4 is 29.5 Å². The highest BCUT2D eigenvalue weighted by Gasteiger charge is 2.23. The molecule has 150 valence electrons. The molecule has 4 rings (SSSR count). The Labute approximate surface area is 185 Å². The van der Waals surface area contributed by atoms with Crippen molar-refractivity contribution in [3.8, 4) is 28.5 Å². The van der Waals surface area contributed by atoms with E-state index in [1.54, 1.807) is 24.3 Å². The molecule has 0 saturated carbocycles. The highest BCUT2D eigenvalue weighted by Crippen LogP contribution is 2.41. The second kappa shape index (κ2) is 9.17. The van der Waals surface area contributed by atoms with Crippen molar-refractivity contribution in [2.75, 3.05) is 5.32 Å². The fourth-order valence-electron chi connectivity index (χ4n) is 3.23. The summed E-state index contributed by atoms with van der Waals surface area (Å²) >= 11 is 5.98. The van der Waals surface area contributed by atoms with Crippen LogP contribution in [0.2, 0.25) is 5.02 Å². The van der Waals surface area contributed by atoms with Crippen molar-refractivity contribution in [2.45, 2.75) is 0 Å². The van der Waals surface area contributed by atoms with Crippen molar-refractivity contribution in [3.63, 3.8) is 0 Å². The third kappa shape index (κ3) is 4.58. The van der Waals surface area contributed by atoms with Crippen LogP contribution in [0.25, 0.3) is 28.5 Å². The first-order chi connectivity index (χ1) is 15.2. The van der Waals surface area contributed by atoms with Crippen LogP contribution in [0.4, 0.5) is 5.88 Å². The third-order valence-electron chi connectivity index (χ3n) is 4.63. The number of furan rings is 1. The molecule has 0 bridgehead atoms. The number of nitriles is 1. The van der Waals surface area contributed by atoms with Gasteiger partial charge < -0.3 is 4.42 Å². The van der Waals surface area contributed by atoms with E-state index in [1.165, 1.54) is 6.08 Å². The van der Waals surface area contributed by atoms with Crippen LogP contribution in [0.1, 0.15) is 11.1 Å². The van der Waals surface area contributed by atoms with Crippen molar-refractivity contribution in [3.05, 3.63) is 107 Å². The largest absolute Gasteiger partial charge is 0.438 e. The minimum absolute atomic E-state index is 0.112. The van der Waals surface area contributed by atoms with Crippen molar-refractivity contribution in [2.24, 2.45) is 0 Å². The molecule has 31 heavy (non-hydrogen) atoms. The summed E-state index contributed by atoms with van der Waals surface area (Å²) in [6.45, 7) is 0. The Hall–Kier alpha value is -4.07. The fourth-order valence-corrected chi connectivity index (χ4v) is 3.43. The van der Waals surface area contributed by atoms with Crippen LogP contribution in [0.5, 0.6) is 0 Å². The molecule has 0 aliphatic carbocycles. The van der Waals surface area contributed by atoms with E-state index in [9.17, 15) is 10.1 Å². The lowest BCUT2D eigenvalue weighted by Gasteiger charge is -2.03. The molecule has 0 saturated heterocycles. The second-order valence-electron chi connectivity index (χ2n) is 6.73. The number of amides is 1. The van der Waals surface area contributed by atoms with Crippen LogP contribution in [0, 0.1) is 11.3 Å². The minimum atomic E-state index is -0.413. The fraction of sp³-hybridized carbons (Fsp3) is 0. The number of nitrogens with zero attached hydrogens (tertiary/aromatic N) is 1. The number of carbonyl (C=O) groups is 1. The lowest BCUT2D eigenvalue weighted by molar-refractivity contribution is -0.111. The van der Waals surface area contributed by atoms with E-state index >= 15 is 0 Å². The second-order valence-corrected chi connectivity index (χ2v) is 7.17. The van der Waals surface area contributed by atoms with Gasteiger partial charge in [-0.15, -0.1) is 0 Å². The zero-order chi connectivity index (χ0) is 21.6. The molecule has 0 aliphatic rings. The Morgan fingerprint density at radius 1 is 0.935 bits per heavy atom. The zero-order valence-electron chi connectivity index (χ0n) is 16.4. The molecule has 1 amide bonds. The van der Waals surface area contributed by atoms with Gasteiger partial charge in [-0.1, -0.05) is 84.4 Å². The molecule has 0 fully saturated rings. The lowest BCUT2D eigenvalue weighted by Crippen LogP contribution is -2.08. The van der Waals surface area contributed by atoms with Gasteiger partial charge in [0.2, 0.25) is 5.88 Å². The topological polar surface area (TPSA) is 66.0 Å². The standard InChI is InChI=1S/C26H17ClN2O2/c27-21-13-7-8-18(16-21)14-15-23(30)29-26-22(17-28)24(19-9-3-1-4-10-19)25(31-26)20-11-5-2-6-12-20/h1-16H,(H,29,30)/b15-14+. The van der Waals surface area contributed by atoms with Crippen LogP contribution in [0.3, 0.4) is 0 Å². The highest BCUT2D eigenvalue weighted by molar-refractivity contribution is 6.30. The van der Waals surface area contributed by atoms with E-state index in [0.717, 1.165) is 16.7 Å². The van der Waals surface area contributed by atoms with Gasteiger partial charge >= 0.3 is 0 Å². The average Bonchev–Trinajstić information content (AvgIpc) is 3.17. The number of hydrogen-bond acceptors (Lipinski definition) is 3. The molecule has 1 heterocycles. The third-order valence-corrected chi connectivity index (χ3v) is 4.87. The quantitative estimate of drug-likeness (QED) is 0.358. The van der Waals surface area contributed by atoms with Gasteiger partial charge in [0.25, 0.3) is 5.91 Å². The van der Waals surface area contributed by atoms with E-state index in [4.69, 9.17) is 16.0 Å². The summed E-state index contributed by atoms with van der Waals surface area (Å²) in [5, 5.41) is 13.2. The molecule has 1 N–H and O–H groups in total.